The fraction of sp³-hybridized carbons (Fsp3) is 0.364. The van der Waals surface area contributed by atoms with E-state index in [-0.39, 0.29) is 18.9 Å². The molecule has 1 aromatic heterocycles. The number of hydrogen-bond donors (Lipinski definition) is 0. The maximum absolute atomic E-state index is 13.9. The Labute approximate surface area is 186 Å². The lowest BCUT2D eigenvalue weighted by Gasteiger charge is -2.31. The van der Waals surface area contributed by atoms with Crippen LogP contribution in [0.3, 0.4) is 0 Å². The van der Waals surface area contributed by atoms with Gasteiger partial charge in [0.15, 0.2) is 17.5 Å². The van der Waals surface area contributed by atoms with Crippen molar-refractivity contribution in [1.29, 1.82) is 0 Å². The van der Waals surface area contributed by atoms with E-state index < -0.39 is 23.6 Å². The predicted octanol–water partition coefficient (Wildman–Crippen LogP) is 4.18. The molecule has 33 heavy (non-hydrogen) atoms. The molecule has 0 amide bonds. The van der Waals surface area contributed by atoms with Crippen molar-refractivity contribution in [3.8, 4) is 0 Å². The second-order valence-electron chi connectivity index (χ2n) is 8.31. The van der Waals surface area contributed by atoms with Gasteiger partial charge in [0.2, 0.25) is 5.82 Å². The summed E-state index contributed by atoms with van der Waals surface area (Å²) in [6.07, 6.45) is -4.54. The molecule has 2 aliphatic rings. The summed E-state index contributed by atoms with van der Waals surface area (Å²) < 4.78 is 67.8. The first-order chi connectivity index (χ1) is 15.7. The van der Waals surface area contributed by atoms with Crippen molar-refractivity contribution in [3.05, 3.63) is 65.2 Å². The van der Waals surface area contributed by atoms with Crippen LogP contribution < -0.4 is 9.80 Å². The van der Waals surface area contributed by atoms with E-state index in [1.807, 2.05) is 35.0 Å². The molecule has 11 heteroatoms. The second-order valence-corrected chi connectivity index (χ2v) is 8.31. The van der Waals surface area contributed by atoms with Gasteiger partial charge in [0.05, 0.1) is 6.54 Å². The minimum absolute atomic E-state index is 0.134. The summed E-state index contributed by atoms with van der Waals surface area (Å²) in [6.45, 7) is 2.69. The van der Waals surface area contributed by atoms with Crippen molar-refractivity contribution in [2.75, 3.05) is 36.5 Å². The molecule has 0 unspecified atom stereocenters. The van der Waals surface area contributed by atoms with Gasteiger partial charge in [-0.05, 0) is 42.9 Å². The van der Waals surface area contributed by atoms with Crippen molar-refractivity contribution in [2.45, 2.75) is 25.8 Å². The molecule has 0 saturated carbocycles. The first kappa shape index (κ1) is 21.6. The van der Waals surface area contributed by atoms with Crippen LogP contribution in [0.1, 0.15) is 17.2 Å². The normalized spacial score (nSPS) is 17.0. The molecular formula is C22H21F5N6. The van der Waals surface area contributed by atoms with Gasteiger partial charge < -0.3 is 19.3 Å². The number of fused-ring (bicyclic) bond motifs is 2. The van der Waals surface area contributed by atoms with Gasteiger partial charge in [-0.3, -0.25) is 0 Å². The Morgan fingerprint density at radius 2 is 1.61 bits per heavy atom. The van der Waals surface area contributed by atoms with Crippen LogP contribution in [0.15, 0.2) is 36.4 Å². The third-order valence-electron chi connectivity index (χ3n) is 6.09. The number of nitrogens with zero attached hydrogens (tertiary/aromatic N) is 6. The molecule has 174 valence electrons. The van der Waals surface area contributed by atoms with Crippen molar-refractivity contribution in [1.82, 2.24) is 19.7 Å². The number of anilines is 3. The molecule has 0 fully saturated rings. The van der Waals surface area contributed by atoms with Gasteiger partial charge in [0, 0.05) is 55.9 Å². The number of rotatable bonds is 2. The average Bonchev–Trinajstić information content (AvgIpc) is 3.13. The Morgan fingerprint density at radius 1 is 0.818 bits per heavy atom. The minimum Gasteiger partial charge on any atom is -0.362 e. The lowest BCUT2D eigenvalue weighted by molar-refractivity contribution is -0.147. The molecule has 0 N–H and O–H groups in total. The van der Waals surface area contributed by atoms with Crippen LogP contribution in [0.25, 0.3) is 0 Å². The Kier molecular flexibility index (Phi) is 5.23. The summed E-state index contributed by atoms with van der Waals surface area (Å²) in [7, 11) is 1.98. The van der Waals surface area contributed by atoms with Crippen LogP contribution in [0.5, 0.6) is 0 Å². The summed E-state index contributed by atoms with van der Waals surface area (Å²) >= 11 is 0. The SMILES string of the molecule is CN1CCN(c2ccc(F)c(F)c2)c2ccc(N3CCn4c(nnc4C(F)(F)F)C3)cc2C1. The third-order valence-corrected chi connectivity index (χ3v) is 6.09. The molecule has 0 bridgehead atoms. The van der Waals surface area contributed by atoms with E-state index in [2.05, 4.69) is 15.1 Å². The molecule has 2 aliphatic heterocycles. The number of likely N-dealkylation sites (N-methyl/N-ethyl adjacent to an activating group) is 1. The Bertz CT molecular complexity index is 1190. The molecular weight excluding hydrogens is 443 g/mol. The summed E-state index contributed by atoms with van der Waals surface area (Å²) in [4.78, 5) is 6.05. The highest BCUT2D eigenvalue weighted by atomic mass is 19.4. The van der Waals surface area contributed by atoms with Crippen molar-refractivity contribution in [2.24, 2.45) is 0 Å². The van der Waals surface area contributed by atoms with Crippen molar-refractivity contribution < 1.29 is 22.0 Å². The van der Waals surface area contributed by atoms with E-state index in [0.29, 0.717) is 25.3 Å². The standard InChI is InChI=1S/C22H21F5N6/c1-30-6-8-32(16-2-4-17(23)18(24)11-16)19-5-3-15(10-14(19)12-30)31-7-9-33-20(13-31)28-29-21(33)22(25,26)27/h2-5,10-11H,6-9,12-13H2,1H3. The lowest BCUT2D eigenvalue weighted by atomic mass is 10.1. The summed E-state index contributed by atoms with van der Waals surface area (Å²) in [5, 5.41) is 7.09. The predicted molar refractivity (Wildman–Crippen MR) is 112 cm³/mol. The van der Waals surface area contributed by atoms with Crippen molar-refractivity contribution in [3.63, 3.8) is 0 Å². The molecule has 0 spiro atoms. The molecule has 5 rings (SSSR count). The highest BCUT2D eigenvalue weighted by molar-refractivity contribution is 5.70. The van der Waals surface area contributed by atoms with Gasteiger partial charge in [0.25, 0.3) is 0 Å². The first-order valence-electron chi connectivity index (χ1n) is 10.5. The van der Waals surface area contributed by atoms with Gasteiger partial charge >= 0.3 is 6.18 Å². The van der Waals surface area contributed by atoms with E-state index in [9.17, 15) is 22.0 Å². The molecule has 0 radical (unpaired) electrons. The summed E-state index contributed by atoms with van der Waals surface area (Å²) in [6, 6.07) is 9.68. The average molecular weight is 464 g/mol. The van der Waals surface area contributed by atoms with Gasteiger partial charge in [-0.1, -0.05) is 0 Å². The quantitative estimate of drug-likeness (QED) is 0.533. The highest BCUT2D eigenvalue weighted by Gasteiger charge is 2.39. The largest absolute Gasteiger partial charge is 0.451 e. The molecule has 3 heterocycles. The molecule has 6 nitrogen and oxygen atoms in total. The molecule has 0 atom stereocenters. The topological polar surface area (TPSA) is 40.4 Å². The Hall–Kier alpha value is -3.21. The second kappa shape index (κ2) is 7.98. The Balaban J connectivity index is 1.46. The van der Waals surface area contributed by atoms with Crippen LogP contribution in [-0.2, 0) is 25.8 Å². The van der Waals surface area contributed by atoms with Gasteiger partial charge in [-0.2, -0.15) is 13.2 Å². The summed E-state index contributed by atoms with van der Waals surface area (Å²) in [5.41, 5.74) is 3.29. The number of benzene rings is 2. The smallest absolute Gasteiger partial charge is 0.362 e. The maximum atomic E-state index is 13.9. The van der Waals surface area contributed by atoms with Gasteiger partial charge in [0.1, 0.15) is 0 Å². The van der Waals surface area contributed by atoms with E-state index >= 15 is 0 Å². The lowest BCUT2D eigenvalue weighted by Crippen LogP contribution is -2.35. The van der Waals surface area contributed by atoms with E-state index in [1.54, 1.807) is 6.07 Å². The van der Waals surface area contributed by atoms with Crippen LogP contribution >= 0.6 is 0 Å². The Morgan fingerprint density at radius 3 is 2.36 bits per heavy atom. The van der Waals surface area contributed by atoms with Gasteiger partial charge in [-0.15, -0.1) is 10.2 Å². The van der Waals surface area contributed by atoms with Crippen molar-refractivity contribution >= 4 is 17.1 Å². The first-order valence-corrected chi connectivity index (χ1v) is 10.5. The molecule has 0 saturated heterocycles. The minimum atomic E-state index is -4.54. The summed E-state index contributed by atoms with van der Waals surface area (Å²) in [5.74, 6) is -2.50. The maximum Gasteiger partial charge on any atom is 0.451 e. The zero-order valence-corrected chi connectivity index (χ0v) is 17.8. The van der Waals surface area contributed by atoms with E-state index in [4.69, 9.17) is 0 Å². The zero-order valence-electron chi connectivity index (χ0n) is 17.8. The number of aromatic nitrogens is 3. The zero-order chi connectivity index (χ0) is 23.3. The number of alkyl halides is 3. The van der Waals surface area contributed by atoms with Crippen LogP contribution in [0.4, 0.5) is 39.0 Å². The monoisotopic (exact) mass is 464 g/mol. The van der Waals surface area contributed by atoms with Crippen LogP contribution in [0, 0.1) is 11.6 Å². The van der Waals surface area contributed by atoms with Crippen LogP contribution in [-0.4, -0.2) is 46.3 Å². The molecule has 2 aromatic carbocycles. The molecule has 3 aromatic rings. The fourth-order valence-corrected chi connectivity index (χ4v) is 4.43. The van der Waals surface area contributed by atoms with E-state index in [1.165, 1.54) is 6.07 Å². The van der Waals surface area contributed by atoms with Crippen LogP contribution in [0.2, 0.25) is 0 Å². The highest BCUT2D eigenvalue weighted by Crippen LogP contribution is 2.36. The number of halogens is 5. The molecule has 0 aliphatic carbocycles. The third kappa shape index (κ3) is 4.01. The fourth-order valence-electron chi connectivity index (χ4n) is 4.43. The van der Waals surface area contributed by atoms with Gasteiger partial charge in [-0.25, -0.2) is 8.78 Å². The number of hydrogen-bond acceptors (Lipinski definition) is 5. The van der Waals surface area contributed by atoms with E-state index in [0.717, 1.165) is 34.1 Å².